The van der Waals surface area contributed by atoms with Crippen LogP contribution in [0.3, 0.4) is 0 Å². The highest BCUT2D eigenvalue weighted by molar-refractivity contribution is 9.11. The molecule has 0 bridgehead atoms. The van der Waals surface area contributed by atoms with E-state index in [0.29, 0.717) is 0 Å². The summed E-state index contributed by atoms with van der Waals surface area (Å²) in [6.07, 6.45) is 2.56. The molecule has 0 spiro atoms. The van der Waals surface area contributed by atoms with Gasteiger partial charge in [0.1, 0.15) is 50.2 Å². The number of furan rings is 6. The van der Waals surface area contributed by atoms with Gasteiger partial charge < -0.3 is 46.4 Å². The van der Waals surface area contributed by atoms with E-state index >= 15 is 0 Å². The monoisotopic (exact) mass is 1810 g/mol. The predicted octanol–water partition coefficient (Wildman–Crippen LogP) is 36.5. The fraction of sp³-hybridized carbons (Fsp3) is 0.0940. The van der Waals surface area contributed by atoms with Gasteiger partial charge in [0.2, 0.25) is 0 Å². The molecule has 19 aromatic carbocycles. The number of rotatable bonds is 8. The summed E-state index contributed by atoms with van der Waals surface area (Å²) in [4.78, 5) is 4.74. The van der Waals surface area contributed by atoms with Crippen molar-refractivity contribution >= 4 is 241 Å². The van der Waals surface area contributed by atoms with Crippen molar-refractivity contribution in [2.45, 2.75) is 62.3 Å². The normalized spacial score (nSPS) is 11.9. The summed E-state index contributed by atoms with van der Waals surface area (Å²) in [6.45, 7) is 12.5. The van der Waals surface area contributed by atoms with Crippen molar-refractivity contribution in [3.63, 3.8) is 0 Å². The van der Waals surface area contributed by atoms with Crippen LogP contribution < -0.4 is 15.1 Å². The van der Waals surface area contributed by atoms with E-state index < -0.39 is 0 Å². The van der Waals surface area contributed by atoms with E-state index in [9.17, 15) is 0 Å². The van der Waals surface area contributed by atoms with Gasteiger partial charge in [0.25, 0.3) is 0 Å². The second kappa shape index (κ2) is 36.0. The smallest absolute Gasteiger partial charge is 0.159 e. The van der Waals surface area contributed by atoms with Gasteiger partial charge in [0.05, 0.1) is 37.4 Å². The largest absolute Gasteiger partial charge is 0.456 e. The molecule has 25 aromatic rings. The van der Waals surface area contributed by atoms with Crippen LogP contribution in [0.1, 0.15) is 55.5 Å². The summed E-state index contributed by atoms with van der Waals surface area (Å²) in [5, 5.41) is 24.5. The maximum atomic E-state index is 6.79. The lowest BCUT2D eigenvalue weighted by Gasteiger charge is -2.29. The molecule has 10 nitrogen and oxygen atoms in total. The third-order valence-corrected chi connectivity index (χ3v) is 25.5. The second-order valence-corrected chi connectivity index (χ2v) is 34.0. The molecule has 26 rings (SSSR count). The quantitative estimate of drug-likeness (QED) is 0.148. The summed E-state index contributed by atoms with van der Waals surface area (Å²) < 4.78 is 44.1. The summed E-state index contributed by atoms with van der Waals surface area (Å²) in [7, 11) is 0. The number of hydrogen-bond acceptors (Lipinski definition) is 10. The fourth-order valence-corrected chi connectivity index (χ4v) is 19.0. The first-order valence-electron chi connectivity index (χ1n) is 43.0. The standard InChI is InChI=1S/C54H36N2O2.C19H15NO.C13H9BrO.C13H10O.C12H7BrO.C4H8O.2CH4/c1-33-13-9-19-39-41-21-11-23-47(53(41)57-51(33)39)55(37-15-5-3-6-16-37)45-31-27-35-26-30-44-46(32-28-36-25-29-43(45)49(35)50(36)44)56(38-17-7-4-8-18-38)48-24-12-22-42-40-20-10-14-34(2)52(40)58-54(42)48;1-13-7-5-10-15-16-11-6-12-17(19(16)21-18(13)15)20-14-8-3-2-4-9-14;1-8-4-2-5-9-10-6-3-7-11(14)13(10)15-12(8)9;1-9-5-4-7-11-10-6-2-3-8-12(10)14-13(9)11;13-10-6-3-5-9-8-4-1-2-7-11(8)14-12(9)10;1-2-4-5-3-1;;/h3-32H,1-2H3;2-12,20H,1H3;2-7H,1H3;2-8H,1H3;1-7H;1-4H2;2*1H4. The molecule has 129 heavy (non-hydrogen) atoms. The Labute approximate surface area is 764 Å². The molecule has 6 aromatic heterocycles. The lowest BCUT2D eigenvalue weighted by atomic mass is 9.91. The predicted molar refractivity (Wildman–Crippen MR) is 551 cm³/mol. The van der Waals surface area contributed by atoms with Crippen LogP contribution in [0.5, 0.6) is 0 Å². The van der Waals surface area contributed by atoms with Gasteiger partial charge in [0, 0.05) is 106 Å². The van der Waals surface area contributed by atoms with Crippen LogP contribution >= 0.6 is 31.9 Å². The van der Waals surface area contributed by atoms with Crippen molar-refractivity contribution in [2.75, 3.05) is 28.3 Å². The van der Waals surface area contributed by atoms with Gasteiger partial charge in [-0.05, 0) is 220 Å². The number of nitrogens with one attached hydrogen (secondary N) is 1. The molecule has 632 valence electrons. The molecule has 0 radical (unpaired) electrons. The maximum Gasteiger partial charge on any atom is 0.159 e. The highest BCUT2D eigenvalue weighted by Gasteiger charge is 2.27. The molecule has 0 saturated carbocycles. The fourth-order valence-electron chi connectivity index (χ4n) is 18.1. The van der Waals surface area contributed by atoms with E-state index in [1.807, 2.05) is 97.1 Å². The van der Waals surface area contributed by atoms with Gasteiger partial charge >= 0.3 is 0 Å². The number of benzene rings is 19. The van der Waals surface area contributed by atoms with Gasteiger partial charge in [-0.2, -0.15) is 0 Å². The topological polar surface area (TPSA) is 107 Å². The minimum absolute atomic E-state index is 0. The first-order valence-corrected chi connectivity index (χ1v) is 44.6. The third kappa shape index (κ3) is 15.6. The summed E-state index contributed by atoms with van der Waals surface area (Å²) in [5.74, 6) is 0. The van der Waals surface area contributed by atoms with E-state index in [0.717, 1.165) is 184 Å². The van der Waals surface area contributed by atoms with Crippen molar-refractivity contribution in [3.05, 3.63) is 407 Å². The zero-order valence-corrected chi connectivity index (χ0v) is 73.7. The molecule has 0 atom stereocenters. The van der Waals surface area contributed by atoms with Crippen LogP contribution in [0.15, 0.2) is 405 Å². The highest BCUT2D eigenvalue weighted by Crippen LogP contribution is 2.52. The Morgan fingerprint density at radius 3 is 0.946 bits per heavy atom. The maximum absolute atomic E-state index is 6.79. The molecule has 1 aliphatic rings. The Bertz CT molecular complexity index is 7990. The molecule has 0 amide bonds. The highest BCUT2D eigenvalue weighted by atomic mass is 79.9. The first-order chi connectivity index (χ1) is 62.4. The number of fused-ring (bicyclic) bond motifs is 18. The van der Waals surface area contributed by atoms with E-state index in [-0.39, 0.29) is 14.9 Å². The molecule has 0 aliphatic carbocycles. The third-order valence-electron chi connectivity index (χ3n) is 24.2. The lowest BCUT2D eigenvalue weighted by molar-refractivity contribution is 0.198. The molecule has 1 aliphatic heterocycles. The summed E-state index contributed by atoms with van der Waals surface area (Å²) >= 11 is 6.99. The number of anilines is 8. The first kappa shape index (κ1) is 83.9. The SMILES string of the molecule is Brc1cccc2c1oc1ccccc12.C.C.C1CCOC1.Cc1cccc2c1oc1c(Br)cccc12.Cc1cccc2c1oc1c(N(c3ccccc3)c3ccc4ccc5c(N(c6ccccc6)c6cccc7c6oc6c(C)cccc67)ccc6ccc3c4c65)cccc12.Cc1cccc2c1oc1c(Nc3ccccc3)cccc12.Cc1cccc2c1oc1ccccc12. The van der Waals surface area contributed by atoms with Gasteiger partial charge in [-0.15, -0.1) is 0 Å². The van der Waals surface area contributed by atoms with Crippen LogP contribution in [0.2, 0.25) is 0 Å². The molecule has 1 N–H and O–H groups in total. The average molecular weight is 1810 g/mol. The van der Waals surface area contributed by atoms with Crippen molar-refractivity contribution in [1.29, 1.82) is 0 Å². The Morgan fingerprint density at radius 2 is 0.527 bits per heavy atom. The van der Waals surface area contributed by atoms with Crippen molar-refractivity contribution in [1.82, 2.24) is 0 Å². The molecule has 1 saturated heterocycles. The van der Waals surface area contributed by atoms with Crippen molar-refractivity contribution in [2.24, 2.45) is 0 Å². The van der Waals surface area contributed by atoms with E-state index in [1.54, 1.807) is 0 Å². The zero-order chi connectivity index (χ0) is 85.8. The van der Waals surface area contributed by atoms with Gasteiger partial charge in [0.15, 0.2) is 16.7 Å². The van der Waals surface area contributed by atoms with Crippen LogP contribution in [0.25, 0.3) is 164 Å². The van der Waals surface area contributed by atoms with Crippen LogP contribution in [0, 0.1) is 34.6 Å². The average Bonchev–Trinajstić information content (AvgIpc) is 0.805. The molecule has 12 heteroatoms. The number of ether oxygens (including phenoxy) is 1. The van der Waals surface area contributed by atoms with Crippen molar-refractivity contribution < 1.29 is 31.2 Å². The van der Waals surface area contributed by atoms with Crippen LogP contribution in [-0.4, -0.2) is 13.2 Å². The molecular formula is C117H93Br2N3O7. The number of para-hydroxylation sites is 15. The van der Waals surface area contributed by atoms with E-state index in [4.69, 9.17) is 31.2 Å². The minimum atomic E-state index is 0. The second-order valence-electron chi connectivity index (χ2n) is 32.3. The van der Waals surface area contributed by atoms with Gasteiger partial charge in [-0.25, -0.2) is 0 Å². The Hall–Kier alpha value is -14.7. The van der Waals surface area contributed by atoms with Gasteiger partial charge in [-0.3, -0.25) is 0 Å². The minimum Gasteiger partial charge on any atom is -0.456 e. The van der Waals surface area contributed by atoms with Gasteiger partial charge in [-0.1, -0.05) is 294 Å². The summed E-state index contributed by atoms with van der Waals surface area (Å²) in [6, 6.07) is 129. The number of hydrogen-bond donors (Lipinski definition) is 1. The molecule has 1 fully saturated rings. The van der Waals surface area contributed by atoms with Crippen LogP contribution in [-0.2, 0) is 4.74 Å². The number of halogens is 2. The van der Waals surface area contributed by atoms with Crippen molar-refractivity contribution in [3.8, 4) is 0 Å². The Morgan fingerprint density at radius 1 is 0.233 bits per heavy atom. The number of aryl methyl sites for hydroxylation is 5. The Balaban J connectivity index is 0.000000122. The summed E-state index contributed by atoms with van der Waals surface area (Å²) in [5.41, 5.74) is 25.4. The lowest BCUT2D eigenvalue weighted by Crippen LogP contribution is -2.11. The number of nitrogens with zero attached hydrogens (tertiary/aromatic N) is 2. The van der Waals surface area contributed by atoms with E-state index in [2.05, 4.69) is 355 Å². The van der Waals surface area contributed by atoms with Crippen LogP contribution in [0.4, 0.5) is 45.5 Å². The van der Waals surface area contributed by atoms with E-state index in [1.165, 1.54) is 88.6 Å². The molecular weight excluding hydrogens is 1720 g/mol. The molecule has 7 heterocycles. The molecule has 0 unspecified atom stereocenters. The Kier molecular flexibility index (Phi) is 23.4. The zero-order valence-electron chi connectivity index (χ0n) is 70.6.